The summed E-state index contributed by atoms with van der Waals surface area (Å²) in [6, 6.07) is 6.05. The molecule has 0 amide bonds. The van der Waals surface area contributed by atoms with E-state index >= 15 is 0 Å². The standard InChI is InChI=1S/C13H18BrNO2/c1-4-17-13(16)11-5-10(6-12(14)7-11)8-15-9(2)3/h5-7,9,15H,4,8H2,1-3H3. The monoisotopic (exact) mass is 299 g/mol. The van der Waals surface area contributed by atoms with E-state index in [0.717, 1.165) is 16.6 Å². The summed E-state index contributed by atoms with van der Waals surface area (Å²) in [6.07, 6.45) is 0. The summed E-state index contributed by atoms with van der Waals surface area (Å²) in [7, 11) is 0. The molecule has 0 unspecified atom stereocenters. The zero-order valence-corrected chi connectivity index (χ0v) is 12.0. The molecule has 0 atom stereocenters. The minimum absolute atomic E-state index is 0.278. The highest BCUT2D eigenvalue weighted by molar-refractivity contribution is 9.10. The van der Waals surface area contributed by atoms with Gasteiger partial charge in [-0.1, -0.05) is 29.8 Å². The average molecular weight is 300 g/mol. The van der Waals surface area contributed by atoms with E-state index in [0.29, 0.717) is 18.2 Å². The molecule has 0 bridgehead atoms. The van der Waals surface area contributed by atoms with Crippen LogP contribution in [0.4, 0.5) is 0 Å². The molecular weight excluding hydrogens is 282 g/mol. The molecule has 0 aliphatic rings. The molecule has 0 radical (unpaired) electrons. The number of rotatable bonds is 5. The van der Waals surface area contributed by atoms with Crippen LogP contribution in [-0.4, -0.2) is 18.6 Å². The van der Waals surface area contributed by atoms with Crippen LogP contribution in [0.25, 0.3) is 0 Å². The quantitative estimate of drug-likeness (QED) is 0.849. The van der Waals surface area contributed by atoms with Crippen molar-refractivity contribution in [2.24, 2.45) is 0 Å². The number of halogens is 1. The lowest BCUT2D eigenvalue weighted by molar-refractivity contribution is 0.0526. The zero-order chi connectivity index (χ0) is 12.8. The van der Waals surface area contributed by atoms with Crippen molar-refractivity contribution in [3.8, 4) is 0 Å². The Kier molecular flexibility index (Phi) is 5.65. The first kappa shape index (κ1) is 14.2. The average Bonchev–Trinajstić information content (AvgIpc) is 2.26. The molecule has 94 valence electrons. The third-order valence-electron chi connectivity index (χ3n) is 2.18. The highest BCUT2D eigenvalue weighted by Crippen LogP contribution is 2.17. The van der Waals surface area contributed by atoms with Gasteiger partial charge in [-0.05, 0) is 30.7 Å². The summed E-state index contributed by atoms with van der Waals surface area (Å²) in [4.78, 5) is 11.6. The maximum atomic E-state index is 11.6. The number of carbonyl (C=O) groups excluding carboxylic acids is 1. The van der Waals surface area contributed by atoms with Crippen molar-refractivity contribution < 1.29 is 9.53 Å². The summed E-state index contributed by atoms with van der Waals surface area (Å²) in [6.45, 7) is 7.11. The van der Waals surface area contributed by atoms with Crippen LogP contribution >= 0.6 is 15.9 Å². The maximum Gasteiger partial charge on any atom is 0.338 e. The predicted molar refractivity (Wildman–Crippen MR) is 72.1 cm³/mol. The van der Waals surface area contributed by atoms with Crippen molar-refractivity contribution in [1.29, 1.82) is 0 Å². The van der Waals surface area contributed by atoms with Crippen molar-refractivity contribution in [2.45, 2.75) is 33.4 Å². The Hall–Kier alpha value is -0.870. The van der Waals surface area contributed by atoms with Crippen molar-refractivity contribution >= 4 is 21.9 Å². The number of esters is 1. The number of benzene rings is 1. The van der Waals surface area contributed by atoms with E-state index < -0.39 is 0 Å². The van der Waals surface area contributed by atoms with Crippen LogP contribution in [-0.2, 0) is 11.3 Å². The van der Waals surface area contributed by atoms with Gasteiger partial charge in [-0.15, -0.1) is 0 Å². The highest BCUT2D eigenvalue weighted by atomic mass is 79.9. The fourth-order valence-corrected chi connectivity index (χ4v) is 1.95. The molecular formula is C13H18BrNO2. The Morgan fingerprint density at radius 1 is 1.41 bits per heavy atom. The van der Waals surface area contributed by atoms with Gasteiger partial charge in [-0.25, -0.2) is 4.79 Å². The van der Waals surface area contributed by atoms with Crippen LogP contribution in [0, 0.1) is 0 Å². The third kappa shape index (κ3) is 4.88. The molecule has 4 heteroatoms. The van der Waals surface area contributed by atoms with Gasteiger partial charge >= 0.3 is 5.97 Å². The summed E-state index contributed by atoms with van der Waals surface area (Å²) < 4.78 is 5.88. The molecule has 0 saturated heterocycles. The topological polar surface area (TPSA) is 38.3 Å². The lowest BCUT2D eigenvalue weighted by Gasteiger charge is -2.10. The van der Waals surface area contributed by atoms with E-state index in [2.05, 4.69) is 35.1 Å². The maximum absolute atomic E-state index is 11.6. The van der Waals surface area contributed by atoms with Crippen molar-refractivity contribution in [3.63, 3.8) is 0 Å². The van der Waals surface area contributed by atoms with E-state index in [4.69, 9.17) is 4.74 Å². The van der Waals surface area contributed by atoms with Crippen LogP contribution in [0.15, 0.2) is 22.7 Å². The smallest absolute Gasteiger partial charge is 0.338 e. The van der Waals surface area contributed by atoms with Crippen LogP contribution in [0.3, 0.4) is 0 Å². The number of ether oxygens (including phenoxy) is 1. The number of hydrogen-bond acceptors (Lipinski definition) is 3. The van der Waals surface area contributed by atoms with E-state index in [9.17, 15) is 4.79 Å². The molecule has 0 aromatic heterocycles. The van der Waals surface area contributed by atoms with Gasteiger partial charge in [-0.2, -0.15) is 0 Å². The molecule has 0 aliphatic heterocycles. The van der Waals surface area contributed by atoms with Gasteiger partial charge in [0.25, 0.3) is 0 Å². The number of carbonyl (C=O) groups is 1. The molecule has 0 saturated carbocycles. The molecule has 0 heterocycles. The third-order valence-corrected chi connectivity index (χ3v) is 2.64. The molecule has 1 aromatic carbocycles. The first-order chi connectivity index (χ1) is 8.02. The molecule has 0 aliphatic carbocycles. The zero-order valence-electron chi connectivity index (χ0n) is 10.4. The summed E-state index contributed by atoms with van der Waals surface area (Å²) in [5.41, 5.74) is 1.65. The lowest BCUT2D eigenvalue weighted by Crippen LogP contribution is -2.22. The molecule has 3 nitrogen and oxygen atoms in total. The molecule has 0 spiro atoms. The second kappa shape index (κ2) is 6.77. The summed E-state index contributed by atoms with van der Waals surface area (Å²) in [5, 5.41) is 3.31. The number of hydrogen-bond donors (Lipinski definition) is 1. The molecule has 1 rings (SSSR count). The molecule has 0 fully saturated rings. The largest absolute Gasteiger partial charge is 0.462 e. The Labute approximate surface area is 111 Å². The Morgan fingerprint density at radius 2 is 2.12 bits per heavy atom. The first-order valence-electron chi connectivity index (χ1n) is 5.73. The van der Waals surface area contributed by atoms with Crippen LogP contribution < -0.4 is 5.32 Å². The molecule has 17 heavy (non-hydrogen) atoms. The van der Waals surface area contributed by atoms with Gasteiger partial charge in [0.2, 0.25) is 0 Å². The van der Waals surface area contributed by atoms with Gasteiger partial charge in [0.05, 0.1) is 12.2 Å². The van der Waals surface area contributed by atoms with E-state index in [1.807, 2.05) is 12.1 Å². The van der Waals surface area contributed by atoms with E-state index in [-0.39, 0.29) is 5.97 Å². The van der Waals surface area contributed by atoms with Gasteiger partial charge in [0, 0.05) is 17.1 Å². The van der Waals surface area contributed by atoms with Crippen LogP contribution in [0.1, 0.15) is 36.7 Å². The first-order valence-corrected chi connectivity index (χ1v) is 6.52. The second-order valence-corrected chi connectivity index (χ2v) is 5.02. The van der Waals surface area contributed by atoms with Crippen molar-refractivity contribution in [1.82, 2.24) is 5.32 Å². The highest BCUT2D eigenvalue weighted by Gasteiger charge is 2.09. The molecule has 1 N–H and O–H groups in total. The van der Waals surface area contributed by atoms with Crippen molar-refractivity contribution in [3.05, 3.63) is 33.8 Å². The fourth-order valence-electron chi connectivity index (χ4n) is 1.41. The van der Waals surface area contributed by atoms with E-state index in [1.54, 1.807) is 13.0 Å². The number of nitrogens with one attached hydrogen (secondary N) is 1. The normalized spacial score (nSPS) is 10.6. The lowest BCUT2D eigenvalue weighted by atomic mass is 10.1. The van der Waals surface area contributed by atoms with Gasteiger partial charge in [0.15, 0.2) is 0 Å². The van der Waals surface area contributed by atoms with Gasteiger partial charge in [-0.3, -0.25) is 0 Å². The van der Waals surface area contributed by atoms with Gasteiger partial charge < -0.3 is 10.1 Å². The Morgan fingerprint density at radius 3 is 2.71 bits per heavy atom. The van der Waals surface area contributed by atoms with E-state index in [1.165, 1.54) is 0 Å². The second-order valence-electron chi connectivity index (χ2n) is 4.10. The van der Waals surface area contributed by atoms with Crippen LogP contribution in [0.2, 0.25) is 0 Å². The van der Waals surface area contributed by atoms with Crippen LogP contribution in [0.5, 0.6) is 0 Å². The minimum Gasteiger partial charge on any atom is -0.462 e. The molecule has 1 aromatic rings. The summed E-state index contributed by atoms with van der Waals surface area (Å²) >= 11 is 3.40. The minimum atomic E-state index is -0.278. The SMILES string of the molecule is CCOC(=O)c1cc(Br)cc(CNC(C)C)c1. The van der Waals surface area contributed by atoms with Gasteiger partial charge in [0.1, 0.15) is 0 Å². The summed E-state index contributed by atoms with van der Waals surface area (Å²) in [5.74, 6) is -0.278. The van der Waals surface area contributed by atoms with Crippen molar-refractivity contribution in [2.75, 3.05) is 6.61 Å². The Bertz CT molecular complexity index is 391. The fraction of sp³-hybridized carbons (Fsp3) is 0.462. The Balaban J connectivity index is 2.82. The predicted octanol–water partition coefficient (Wildman–Crippen LogP) is 3.12.